The van der Waals surface area contributed by atoms with E-state index in [1.165, 1.54) is 5.69 Å². The molecule has 2 rings (SSSR count). The normalized spacial score (nSPS) is 10.7. The molecule has 5 heteroatoms. The molecule has 0 atom stereocenters. The first-order chi connectivity index (χ1) is 9.79. The molecule has 0 bridgehead atoms. The molecule has 0 saturated carbocycles. The van der Waals surface area contributed by atoms with Crippen molar-refractivity contribution in [2.75, 3.05) is 13.2 Å². The van der Waals surface area contributed by atoms with Crippen molar-refractivity contribution in [1.82, 2.24) is 20.1 Å². The molecule has 0 aliphatic heterocycles. The molecule has 108 valence electrons. The van der Waals surface area contributed by atoms with Crippen LogP contribution in [0.4, 0.5) is 0 Å². The summed E-state index contributed by atoms with van der Waals surface area (Å²) >= 11 is 0. The average molecular weight is 274 g/mol. The van der Waals surface area contributed by atoms with E-state index < -0.39 is 0 Å². The first-order valence-electron chi connectivity index (χ1n) is 7.05. The van der Waals surface area contributed by atoms with Gasteiger partial charge in [0.2, 0.25) is 0 Å². The van der Waals surface area contributed by atoms with Gasteiger partial charge in [-0.25, -0.2) is 0 Å². The minimum atomic E-state index is 0.634. The minimum absolute atomic E-state index is 0.634. The van der Waals surface area contributed by atoms with Gasteiger partial charge in [-0.2, -0.15) is 5.10 Å². The van der Waals surface area contributed by atoms with Crippen LogP contribution in [0.2, 0.25) is 0 Å². The van der Waals surface area contributed by atoms with Gasteiger partial charge in [0.15, 0.2) is 0 Å². The molecule has 2 aromatic rings. The van der Waals surface area contributed by atoms with Crippen LogP contribution in [0, 0.1) is 0 Å². The molecule has 0 amide bonds. The van der Waals surface area contributed by atoms with Crippen molar-refractivity contribution < 1.29 is 4.74 Å². The molecule has 0 aliphatic rings. The van der Waals surface area contributed by atoms with E-state index in [1.54, 1.807) is 12.4 Å². The summed E-state index contributed by atoms with van der Waals surface area (Å²) in [5.41, 5.74) is 2.20. The second-order valence-corrected chi connectivity index (χ2v) is 4.71. The Morgan fingerprint density at radius 1 is 1.30 bits per heavy atom. The number of rotatable bonds is 8. The number of nitrogens with zero attached hydrogens (tertiary/aromatic N) is 3. The van der Waals surface area contributed by atoms with Gasteiger partial charge >= 0.3 is 0 Å². The summed E-state index contributed by atoms with van der Waals surface area (Å²) in [7, 11) is 1.94. The maximum absolute atomic E-state index is 5.69. The number of nitrogens with one attached hydrogen (secondary N) is 1. The summed E-state index contributed by atoms with van der Waals surface area (Å²) in [4.78, 5) is 4.38. The zero-order valence-corrected chi connectivity index (χ0v) is 12.2. The van der Waals surface area contributed by atoms with Crippen molar-refractivity contribution in [3.63, 3.8) is 0 Å². The molecule has 0 aromatic carbocycles. The van der Waals surface area contributed by atoms with Crippen molar-refractivity contribution in [2.45, 2.75) is 26.3 Å². The molecular weight excluding hydrogens is 252 g/mol. The maximum Gasteiger partial charge on any atom is 0.137 e. The Hall–Kier alpha value is -1.88. The van der Waals surface area contributed by atoms with Gasteiger partial charge in [-0.05, 0) is 31.2 Å². The summed E-state index contributed by atoms with van der Waals surface area (Å²) < 4.78 is 7.56. The highest BCUT2D eigenvalue weighted by Crippen LogP contribution is 2.10. The fourth-order valence-electron chi connectivity index (χ4n) is 1.91. The highest BCUT2D eigenvalue weighted by atomic mass is 16.5. The summed E-state index contributed by atoms with van der Waals surface area (Å²) in [6.07, 6.45) is 5.56. The highest BCUT2D eigenvalue weighted by molar-refractivity contribution is 5.20. The van der Waals surface area contributed by atoms with Gasteiger partial charge in [0, 0.05) is 31.9 Å². The van der Waals surface area contributed by atoms with E-state index in [-0.39, 0.29) is 0 Å². The Morgan fingerprint density at radius 2 is 2.20 bits per heavy atom. The molecule has 0 saturated heterocycles. The standard InChI is InChI=1S/C15H22N4O/c1-3-8-16-11-13-4-5-15(12-17-13)20-10-7-14-6-9-18-19(14)2/h4-6,9,12,16H,3,7-8,10-11H2,1-2H3. The van der Waals surface area contributed by atoms with E-state index in [1.807, 2.05) is 29.9 Å². The molecule has 1 N–H and O–H groups in total. The lowest BCUT2D eigenvalue weighted by molar-refractivity contribution is 0.317. The number of hydrogen-bond donors (Lipinski definition) is 1. The van der Waals surface area contributed by atoms with Gasteiger partial charge in [0.1, 0.15) is 5.75 Å². The minimum Gasteiger partial charge on any atom is -0.492 e. The van der Waals surface area contributed by atoms with Crippen LogP contribution in [0.1, 0.15) is 24.7 Å². The molecule has 0 spiro atoms. The third-order valence-electron chi connectivity index (χ3n) is 3.08. The average Bonchev–Trinajstić information content (AvgIpc) is 2.87. The Balaban J connectivity index is 1.74. The number of pyridine rings is 1. The van der Waals surface area contributed by atoms with Crippen molar-refractivity contribution >= 4 is 0 Å². The van der Waals surface area contributed by atoms with Crippen LogP contribution in [-0.4, -0.2) is 27.9 Å². The fourth-order valence-corrected chi connectivity index (χ4v) is 1.91. The Morgan fingerprint density at radius 3 is 2.85 bits per heavy atom. The molecule has 0 aliphatic carbocycles. The zero-order chi connectivity index (χ0) is 14.2. The van der Waals surface area contributed by atoms with Crippen LogP contribution in [0.25, 0.3) is 0 Å². The van der Waals surface area contributed by atoms with Crippen molar-refractivity contribution in [3.8, 4) is 5.75 Å². The van der Waals surface area contributed by atoms with Crippen LogP contribution < -0.4 is 10.1 Å². The van der Waals surface area contributed by atoms with E-state index >= 15 is 0 Å². The molecule has 2 aromatic heterocycles. The SMILES string of the molecule is CCCNCc1ccc(OCCc2ccnn2C)cn1. The summed E-state index contributed by atoms with van der Waals surface area (Å²) in [5.74, 6) is 0.811. The Bertz CT molecular complexity index is 507. The second-order valence-electron chi connectivity index (χ2n) is 4.71. The molecule has 20 heavy (non-hydrogen) atoms. The largest absolute Gasteiger partial charge is 0.492 e. The van der Waals surface area contributed by atoms with E-state index in [2.05, 4.69) is 22.3 Å². The lowest BCUT2D eigenvalue weighted by atomic mass is 10.3. The topological polar surface area (TPSA) is 52.0 Å². The molecular formula is C15H22N4O. The van der Waals surface area contributed by atoms with Crippen molar-refractivity contribution in [3.05, 3.63) is 42.0 Å². The van der Waals surface area contributed by atoms with Crippen molar-refractivity contribution in [2.24, 2.45) is 7.05 Å². The van der Waals surface area contributed by atoms with Crippen LogP contribution >= 0.6 is 0 Å². The predicted molar refractivity (Wildman–Crippen MR) is 78.6 cm³/mol. The van der Waals surface area contributed by atoms with Crippen LogP contribution in [0.3, 0.4) is 0 Å². The highest BCUT2D eigenvalue weighted by Gasteiger charge is 2.00. The van der Waals surface area contributed by atoms with E-state index in [4.69, 9.17) is 4.74 Å². The third-order valence-corrected chi connectivity index (χ3v) is 3.08. The smallest absolute Gasteiger partial charge is 0.137 e. The van der Waals surface area contributed by atoms with Gasteiger partial charge in [-0.1, -0.05) is 6.92 Å². The lowest BCUT2D eigenvalue weighted by Gasteiger charge is -2.07. The number of hydrogen-bond acceptors (Lipinski definition) is 4. The fraction of sp³-hybridized carbons (Fsp3) is 0.467. The predicted octanol–water partition coefficient (Wildman–Crippen LogP) is 1.94. The van der Waals surface area contributed by atoms with Gasteiger partial charge in [0.05, 0.1) is 18.5 Å². The maximum atomic E-state index is 5.69. The first-order valence-corrected chi connectivity index (χ1v) is 7.05. The number of aromatic nitrogens is 3. The van der Waals surface area contributed by atoms with Crippen LogP contribution in [-0.2, 0) is 20.0 Å². The molecule has 5 nitrogen and oxygen atoms in total. The number of ether oxygens (including phenoxy) is 1. The quantitative estimate of drug-likeness (QED) is 0.747. The third kappa shape index (κ3) is 4.35. The molecule has 2 heterocycles. The van der Waals surface area contributed by atoms with Gasteiger partial charge in [-0.3, -0.25) is 9.67 Å². The number of aryl methyl sites for hydroxylation is 1. The van der Waals surface area contributed by atoms with E-state index in [0.717, 1.165) is 37.4 Å². The van der Waals surface area contributed by atoms with Gasteiger partial charge in [-0.15, -0.1) is 0 Å². The molecule has 0 radical (unpaired) electrons. The second kappa shape index (κ2) is 7.65. The molecule has 0 unspecified atom stereocenters. The van der Waals surface area contributed by atoms with E-state index in [9.17, 15) is 0 Å². The van der Waals surface area contributed by atoms with E-state index in [0.29, 0.717) is 6.61 Å². The monoisotopic (exact) mass is 274 g/mol. The van der Waals surface area contributed by atoms with Crippen LogP contribution in [0.15, 0.2) is 30.6 Å². The lowest BCUT2D eigenvalue weighted by Crippen LogP contribution is -2.14. The van der Waals surface area contributed by atoms with Crippen molar-refractivity contribution in [1.29, 1.82) is 0 Å². The summed E-state index contributed by atoms with van der Waals surface area (Å²) in [5, 5.41) is 7.46. The van der Waals surface area contributed by atoms with Gasteiger partial charge in [0.25, 0.3) is 0 Å². The van der Waals surface area contributed by atoms with Crippen LogP contribution in [0.5, 0.6) is 5.75 Å². The zero-order valence-electron chi connectivity index (χ0n) is 12.2. The first kappa shape index (κ1) is 14.5. The Labute approximate surface area is 120 Å². The summed E-state index contributed by atoms with van der Waals surface area (Å²) in [6, 6.07) is 5.98. The van der Waals surface area contributed by atoms with Gasteiger partial charge < -0.3 is 10.1 Å². The Kier molecular flexibility index (Phi) is 5.55. The summed E-state index contributed by atoms with van der Waals surface area (Å²) in [6.45, 7) is 4.61. The molecule has 0 fully saturated rings.